The maximum absolute atomic E-state index is 5.44. The van der Waals surface area contributed by atoms with Crippen LogP contribution in [0.2, 0.25) is 0 Å². The molecule has 0 bridgehead atoms. The summed E-state index contributed by atoms with van der Waals surface area (Å²) in [5.74, 6) is 2.74. The number of pyridine rings is 2. The normalized spacial score (nSPS) is 10.8. The highest BCUT2D eigenvalue weighted by Gasteiger charge is 2.20. The van der Waals surface area contributed by atoms with Crippen molar-refractivity contribution < 1.29 is 4.57 Å². The van der Waals surface area contributed by atoms with Gasteiger partial charge in [-0.25, -0.2) is 4.98 Å². The topological polar surface area (TPSA) is 16.8 Å². The maximum atomic E-state index is 5.44. The third kappa shape index (κ3) is 2.86. The Morgan fingerprint density at radius 2 is 1.60 bits per heavy atom. The predicted molar refractivity (Wildman–Crippen MR) is 103 cm³/mol. The van der Waals surface area contributed by atoms with E-state index in [2.05, 4.69) is 77.3 Å². The first-order valence-corrected chi connectivity index (χ1v) is 8.57. The van der Waals surface area contributed by atoms with Gasteiger partial charge in [-0.3, -0.25) is 0 Å². The molecule has 0 radical (unpaired) electrons. The molecule has 0 fully saturated rings. The molecule has 2 nitrogen and oxygen atoms in total. The number of terminal acetylenes is 1. The fraction of sp³-hybridized carbons (Fsp3) is 0.130. The van der Waals surface area contributed by atoms with Crippen molar-refractivity contribution in [3.8, 4) is 23.7 Å². The molecule has 2 heteroatoms. The lowest BCUT2D eigenvalue weighted by molar-refractivity contribution is -0.685. The average molecular weight is 323 g/mol. The molecule has 0 aliphatic heterocycles. The molecule has 120 valence electrons. The molecule has 4 rings (SSSR count). The Morgan fingerprint density at radius 1 is 0.880 bits per heavy atom. The van der Waals surface area contributed by atoms with Crippen molar-refractivity contribution in [3.63, 3.8) is 0 Å². The largest absolute Gasteiger partial charge is 0.249 e. The van der Waals surface area contributed by atoms with Crippen LogP contribution in [0.1, 0.15) is 12.8 Å². The molecule has 0 atom stereocenters. The highest BCUT2D eigenvalue weighted by molar-refractivity contribution is 6.00. The van der Waals surface area contributed by atoms with Gasteiger partial charge in [0, 0.05) is 30.5 Å². The molecule has 0 N–H and O–H groups in total. The molecule has 4 aromatic rings. The number of hydrogen-bond donors (Lipinski definition) is 0. The zero-order valence-corrected chi connectivity index (χ0v) is 14.0. The fourth-order valence-corrected chi connectivity index (χ4v) is 3.37. The molecule has 0 spiro atoms. The molecule has 0 amide bonds. The van der Waals surface area contributed by atoms with E-state index in [4.69, 9.17) is 11.4 Å². The lowest BCUT2D eigenvalue weighted by Crippen LogP contribution is -2.36. The smallest absolute Gasteiger partial charge is 0.239 e. The van der Waals surface area contributed by atoms with E-state index in [0.29, 0.717) is 0 Å². The van der Waals surface area contributed by atoms with Gasteiger partial charge in [0.25, 0.3) is 0 Å². The average Bonchev–Trinajstić information content (AvgIpc) is 2.67. The summed E-state index contributed by atoms with van der Waals surface area (Å²) in [5.41, 5.74) is 2.18. The SMILES string of the molecule is C#CCCC[n+]1ccc2ccccc2c1-c1nccc2ccccc12. The molecule has 0 aliphatic carbocycles. The van der Waals surface area contributed by atoms with Gasteiger partial charge in [0.1, 0.15) is 12.2 Å². The molecule has 0 saturated carbocycles. The molecule has 0 saturated heterocycles. The number of aryl methyl sites for hydroxylation is 1. The van der Waals surface area contributed by atoms with Gasteiger partial charge in [0.05, 0.1) is 5.39 Å². The summed E-state index contributed by atoms with van der Waals surface area (Å²) in [6.07, 6.45) is 11.2. The van der Waals surface area contributed by atoms with E-state index in [1.165, 1.54) is 21.5 Å². The highest BCUT2D eigenvalue weighted by Crippen LogP contribution is 2.29. The molecular weight excluding hydrogens is 304 g/mol. The van der Waals surface area contributed by atoms with E-state index in [1.54, 1.807) is 0 Å². The van der Waals surface area contributed by atoms with Gasteiger partial charge >= 0.3 is 0 Å². The summed E-state index contributed by atoms with van der Waals surface area (Å²) in [6.45, 7) is 0.884. The van der Waals surface area contributed by atoms with E-state index in [-0.39, 0.29) is 0 Å². The van der Waals surface area contributed by atoms with E-state index >= 15 is 0 Å². The van der Waals surface area contributed by atoms with Crippen molar-refractivity contribution in [2.75, 3.05) is 0 Å². The van der Waals surface area contributed by atoms with Gasteiger partial charge in [-0.2, -0.15) is 4.57 Å². The first-order chi connectivity index (χ1) is 12.4. The molecule has 2 aromatic carbocycles. The van der Waals surface area contributed by atoms with Gasteiger partial charge < -0.3 is 0 Å². The number of hydrogen-bond acceptors (Lipinski definition) is 1. The molecule has 2 aromatic heterocycles. The summed E-state index contributed by atoms with van der Waals surface area (Å²) >= 11 is 0. The standard InChI is InChI=1S/C23H19N2/c1-2-3-8-16-25-17-14-19-10-5-7-12-21(19)23(25)22-20-11-6-4-9-18(20)13-15-24-22/h1,4-7,9-15,17H,3,8,16H2/q+1. The Morgan fingerprint density at radius 3 is 2.40 bits per heavy atom. The van der Waals surface area contributed by atoms with E-state index in [0.717, 1.165) is 30.8 Å². The monoisotopic (exact) mass is 323 g/mol. The molecule has 0 unspecified atom stereocenters. The Hall–Kier alpha value is -3.18. The third-order valence-corrected chi connectivity index (χ3v) is 4.56. The fourth-order valence-electron chi connectivity index (χ4n) is 3.37. The van der Waals surface area contributed by atoms with Crippen LogP contribution in [0, 0.1) is 12.3 Å². The van der Waals surface area contributed by atoms with Crippen LogP contribution >= 0.6 is 0 Å². The van der Waals surface area contributed by atoms with E-state index in [1.807, 2.05) is 6.20 Å². The molecule has 25 heavy (non-hydrogen) atoms. The van der Waals surface area contributed by atoms with Crippen LogP contribution < -0.4 is 4.57 Å². The van der Waals surface area contributed by atoms with Crippen LogP contribution in [-0.4, -0.2) is 4.98 Å². The molecular formula is C23H19N2+. The number of benzene rings is 2. The number of nitrogens with zero attached hydrogens (tertiary/aromatic N) is 2. The van der Waals surface area contributed by atoms with Crippen molar-refractivity contribution in [2.45, 2.75) is 19.4 Å². The first kappa shape index (κ1) is 15.4. The van der Waals surface area contributed by atoms with Crippen LogP contribution in [0.15, 0.2) is 73.1 Å². The number of fused-ring (bicyclic) bond motifs is 2. The number of rotatable bonds is 4. The second-order valence-electron chi connectivity index (χ2n) is 6.13. The summed E-state index contributed by atoms with van der Waals surface area (Å²) in [4.78, 5) is 4.76. The minimum Gasteiger partial charge on any atom is -0.249 e. The van der Waals surface area contributed by atoms with E-state index < -0.39 is 0 Å². The van der Waals surface area contributed by atoms with E-state index in [9.17, 15) is 0 Å². The summed E-state index contributed by atoms with van der Waals surface area (Å²) in [7, 11) is 0. The summed E-state index contributed by atoms with van der Waals surface area (Å²) in [6, 6.07) is 21.1. The Labute approximate surface area is 147 Å². The second kappa shape index (κ2) is 6.75. The molecule has 2 heterocycles. The van der Waals surface area contributed by atoms with Gasteiger partial charge in [-0.05, 0) is 22.9 Å². The number of aromatic nitrogens is 2. The van der Waals surface area contributed by atoms with Crippen molar-refractivity contribution >= 4 is 21.5 Å². The Balaban J connectivity index is 2.00. The quantitative estimate of drug-likeness (QED) is 0.301. The van der Waals surface area contributed by atoms with Crippen molar-refractivity contribution in [3.05, 3.63) is 73.1 Å². The predicted octanol–water partition coefficient (Wildman–Crippen LogP) is 4.76. The maximum Gasteiger partial charge on any atom is 0.239 e. The van der Waals surface area contributed by atoms with Gasteiger partial charge in [0.2, 0.25) is 5.69 Å². The molecule has 0 aliphatic rings. The summed E-state index contributed by atoms with van der Waals surface area (Å²) in [5, 5.41) is 4.82. The zero-order valence-electron chi connectivity index (χ0n) is 14.0. The Kier molecular flexibility index (Phi) is 4.14. The van der Waals surface area contributed by atoms with Crippen molar-refractivity contribution in [1.82, 2.24) is 4.98 Å². The van der Waals surface area contributed by atoms with Crippen LogP contribution in [0.5, 0.6) is 0 Å². The number of unbranched alkanes of at least 4 members (excludes halogenated alkanes) is 1. The van der Waals surface area contributed by atoms with Crippen LogP contribution in [0.4, 0.5) is 0 Å². The minimum atomic E-state index is 0.780. The van der Waals surface area contributed by atoms with Crippen molar-refractivity contribution in [1.29, 1.82) is 0 Å². The van der Waals surface area contributed by atoms with Gasteiger partial charge in [0.15, 0.2) is 6.20 Å². The lowest BCUT2D eigenvalue weighted by Gasteiger charge is -2.09. The summed E-state index contributed by atoms with van der Waals surface area (Å²) < 4.78 is 2.29. The second-order valence-corrected chi connectivity index (χ2v) is 6.13. The van der Waals surface area contributed by atoms with Crippen molar-refractivity contribution in [2.24, 2.45) is 0 Å². The Bertz CT molecular complexity index is 1080. The zero-order chi connectivity index (χ0) is 17.1. The van der Waals surface area contributed by atoms with Crippen LogP contribution in [-0.2, 0) is 6.54 Å². The van der Waals surface area contributed by atoms with Gasteiger partial charge in [-0.15, -0.1) is 12.3 Å². The third-order valence-electron chi connectivity index (χ3n) is 4.56. The van der Waals surface area contributed by atoms with Crippen LogP contribution in [0.3, 0.4) is 0 Å². The lowest BCUT2D eigenvalue weighted by atomic mass is 10.0. The minimum absolute atomic E-state index is 0.780. The first-order valence-electron chi connectivity index (χ1n) is 8.57. The van der Waals surface area contributed by atoms with Crippen LogP contribution in [0.25, 0.3) is 32.9 Å². The van der Waals surface area contributed by atoms with Gasteiger partial charge in [-0.1, -0.05) is 42.5 Å². The highest BCUT2D eigenvalue weighted by atomic mass is 15.0.